The number of likely N-dealkylation sites (N-methyl/N-ethyl adjacent to an activating group) is 1. The van der Waals surface area contributed by atoms with Gasteiger partial charge in [-0.2, -0.15) is 4.68 Å². The lowest BCUT2D eigenvalue weighted by molar-refractivity contribution is -0.128. The van der Waals surface area contributed by atoms with Crippen LogP contribution in [0.3, 0.4) is 0 Å². The molecule has 8 heteroatoms. The van der Waals surface area contributed by atoms with Crippen molar-refractivity contribution in [3.05, 3.63) is 65.2 Å². The van der Waals surface area contributed by atoms with Crippen molar-refractivity contribution in [2.75, 3.05) is 14.1 Å². The molecule has 1 amide bonds. The Morgan fingerprint density at radius 1 is 1.12 bits per heavy atom. The molecule has 0 unspecified atom stereocenters. The number of thioether (sulfide) groups is 1. The molecule has 0 radical (unpaired) electrons. The van der Waals surface area contributed by atoms with Gasteiger partial charge >= 0.3 is 0 Å². The normalized spacial score (nSPS) is 12.0. The summed E-state index contributed by atoms with van der Waals surface area (Å²) in [6.07, 6.45) is 0. The summed E-state index contributed by atoms with van der Waals surface area (Å²) < 4.78 is 1.60. The van der Waals surface area contributed by atoms with E-state index in [-0.39, 0.29) is 5.91 Å². The Hall–Kier alpha value is -2.38. The zero-order valence-corrected chi connectivity index (χ0v) is 15.3. The molecular formula is C17H16ClN5OS. The average Bonchev–Trinajstić information content (AvgIpc) is 3.08. The first-order chi connectivity index (χ1) is 12.1. The molecule has 0 aliphatic carbocycles. The van der Waals surface area contributed by atoms with Crippen molar-refractivity contribution in [2.45, 2.75) is 10.4 Å². The molecule has 128 valence electrons. The van der Waals surface area contributed by atoms with Crippen molar-refractivity contribution in [2.24, 2.45) is 0 Å². The SMILES string of the molecule is CN(C)C(=O)[C@H](Sc1nnnn1-c1ccc(Cl)cc1)c1ccccc1. The van der Waals surface area contributed by atoms with Gasteiger partial charge in [0.05, 0.1) is 5.69 Å². The summed E-state index contributed by atoms with van der Waals surface area (Å²) in [5.41, 5.74) is 1.68. The molecule has 0 aliphatic rings. The fourth-order valence-corrected chi connectivity index (χ4v) is 3.49. The van der Waals surface area contributed by atoms with Gasteiger partial charge in [0, 0.05) is 19.1 Å². The highest BCUT2D eigenvalue weighted by Gasteiger charge is 2.26. The van der Waals surface area contributed by atoms with Crippen LogP contribution in [0.25, 0.3) is 5.69 Å². The number of halogens is 1. The number of hydrogen-bond donors (Lipinski definition) is 0. The second kappa shape index (κ2) is 7.67. The van der Waals surface area contributed by atoms with Crippen LogP contribution in [0.5, 0.6) is 0 Å². The average molecular weight is 374 g/mol. The lowest BCUT2D eigenvalue weighted by Crippen LogP contribution is -2.27. The molecule has 1 heterocycles. The van der Waals surface area contributed by atoms with E-state index in [1.54, 1.807) is 35.8 Å². The zero-order valence-electron chi connectivity index (χ0n) is 13.7. The summed E-state index contributed by atoms with van der Waals surface area (Å²) in [7, 11) is 3.47. The second-order valence-electron chi connectivity index (χ2n) is 5.49. The Bertz CT molecular complexity index is 851. The highest BCUT2D eigenvalue weighted by Crippen LogP contribution is 2.35. The summed E-state index contributed by atoms with van der Waals surface area (Å²) in [4.78, 5) is 14.2. The molecule has 1 aromatic heterocycles. The minimum Gasteiger partial charge on any atom is -0.348 e. The number of tetrazole rings is 1. The summed E-state index contributed by atoms with van der Waals surface area (Å²) in [6, 6.07) is 16.8. The van der Waals surface area contributed by atoms with Gasteiger partial charge in [-0.15, -0.1) is 5.10 Å². The van der Waals surface area contributed by atoms with Crippen LogP contribution in [-0.4, -0.2) is 45.1 Å². The minimum atomic E-state index is -0.437. The maximum Gasteiger partial charge on any atom is 0.240 e. The molecule has 6 nitrogen and oxygen atoms in total. The molecule has 0 aliphatic heterocycles. The van der Waals surface area contributed by atoms with Crippen molar-refractivity contribution in [3.63, 3.8) is 0 Å². The van der Waals surface area contributed by atoms with Gasteiger partial charge in [0.15, 0.2) is 0 Å². The number of carbonyl (C=O) groups is 1. The largest absolute Gasteiger partial charge is 0.348 e. The van der Waals surface area contributed by atoms with Gasteiger partial charge < -0.3 is 4.90 Å². The van der Waals surface area contributed by atoms with E-state index in [0.29, 0.717) is 10.2 Å². The number of benzene rings is 2. The van der Waals surface area contributed by atoms with Gasteiger partial charge in [-0.1, -0.05) is 53.7 Å². The molecule has 3 rings (SSSR count). The number of amides is 1. The Labute approximate surface area is 154 Å². The smallest absolute Gasteiger partial charge is 0.240 e. The summed E-state index contributed by atoms with van der Waals surface area (Å²) >= 11 is 7.25. The number of hydrogen-bond acceptors (Lipinski definition) is 5. The molecule has 0 N–H and O–H groups in total. The van der Waals surface area contributed by atoms with Gasteiger partial charge in [0.25, 0.3) is 0 Å². The maximum atomic E-state index is 12.7. The van der Waals surface area contributed by atoms with E-state index in [1.165, 1.54) is 11.8 Å². The molecule has 0 fully saturated rings. The van der Waals surface area contributed by atoms with E-state index >= 15 is 0 Å². The minimum absolute atomic E-state index is 0.0261. The van der Waals surface area contributed by atoms with Gasteiger partial charge in [0.1, 0.15) is 5.25 Å². The van der Waals surface area contributed by atoms with Crippen LogP contribution in [0.2, 0.25) is 5.02 Å². The van der Waals surface area contributed by atoms with Crippen molar-refractivity contribution in [1.82, 2.24) is 25.1 Å². The van der Waals surface area contributed by atoms with E-state index in [4.69, 9.17) is 11.6 Å². The molecule has 0 saturated heterocycles. The van der Waals surface area contributed by atoms with Gasteiger partial charge in [0.2, 0.25) is 11.1 Å². The van der Waals surface area contributed by atoms with Gasteiger partial charge in [-0.05, 0) is 40.3 Å². The lowest BCUT2D eigenvalue weighted by Gasteiger charge is -2.20. The van der Waals surface area contributed by atoms with E-state index in [0.717, 1.165) is 11.3 Å². The van der Waals surface area contributed by atoms with Crippen molar-refractivity contribution in [1.29, 1.82) is 0 Å². The van der Waals surface area contributed by atoms with Gasteiger partial charge in [-0.25, -0.2) is 0 Å². The maximum absolute atomic E-state index is 12.7. The van der Waals surface area contributed by atoms with Gasteiger partial charge in [-0.3, -0.25) is 4.79 Å². The third-order valence-corrected chi connectivity index (χ3v) is 4.93. The topological polar surface area (TPSA) is 63.9 Å². The predicted octanol–water partition coefficient (Wildman–Crippen LogP) is 3.24. The highest BCUT2D eigenvalue weighted by atomic mass is 35.5. The number of aromatic nitrogens is 4. The Morgan fingerprint density at radius 2 is 1.80 bits per heavy atom. The third kappa shape index (κ3) is 4.00. The third-order valence-electron chi connectivity index (χ3n) is 3.50. The zero-order chi connectivity index (χ0) is 17.8. The fourth-order valence-electron chi connectivity index (χ4n) is 2.23. The first-order valence-corrected chi connectivity index (χ1v) is 8.79. The van der Waals surface area contributed by atoms with E-state index in [1.807, 2.05) is 42.5 Å². The van der Waals surface area contributed by atoms with Crippen LogP contribution in [-0.2, 0) is 4.79 Å². The Balaban J connectivity index is 1.95. The van der Waals surface area contributed by atoms with Crippen molar-refractivity contribution < 1.29 is 4.79 Å². The molecule has 25 heavy (non-hydrogen) atoms. The van der Waals surface area contributed by atoms with E-state index in [9.17, 15) is 4.79 Å². The lowest BCUT2D eigenvalue weighted by atomic mass is 10.1. The molecule has 0 spiro atoms. The second-order valence-corrected chi connectivity index (χ2v) is 7.00. The summed E-state index contributed by atoms with van der Waals surface area (Å²) in [5.74, 6) is -0.0261. The van der Waals surface area contributed by atoms with Crippen LogP contribution in [0.1, 0.15) is 10.8 Å². The molecule has 1 atom stereocenters. The van der Waals surface area contributed by atoms with Crippen LogP contribution in [0.4, 0.5) is 0 Å². The number of rotatable bonds is 5. The van der Waals surface area contributed by atoms with E-state index in [2.05, 4.69) is 15.5 Å². The molecule has 2 aromatic carbocycles. The quantitative estimate of drug-likeness (QED) is 0.642. The Kier molecular flexibility index (Phi) is 5.35. The standard InChI is InChI=1S/C17H16ClN5OS/c1-22(2)16(24)15(12-6-4-3-5-7-12)25-17-19-20-21-23(17)14-10-8-13(18)9-11-14/h3-11,15H,1-2H3/t15-/m1/s1. The molecule has 0 bridgehead atoms. The molecular weight excluding hydrogens is 358 g/mol. The number of nitrogens with zero attached hydrogens (tertiary/aromatic N) is 5. The molecule has 0 saturated carbocycles. The Morgan fingerprint density at radius 3 is 2.44 bits per heavy atom. The highest BCUT2D eigenvalue weighted by molar-refractivity contribution is 8.00. The van der Waals surface area contributed by atoms with Crippen molar-refractivity contribution >= 4 is 29.3 Å². The van der Waals surface area contributed by atoms with Crippen LogP contribution >= 0.6 is 23.4 Å². The monoisotopic (exact) mass is 373 g/mol. The number of carbonyl (C=O) groups excluding carboxylic acids is 1. The van der Waals surface area contributed by atoms with Crippen molar-refractivity contribution in [3.8, 4) is 5.69 Å². The van der Waals surface area contributed by atoms with Crippen LogP contribution in [0.15, 0.2) is 59.8 Å². The van der Waals surface area contributed by atoms with Crippen LogP contribution < -0.4 is 0 Å². The summed E-state index contributed by atoms with van der Waals surface area (Å²) in [5, 5.41) is 12.6. The van der Waals surface area contributed by atoms with Crippen LogP contribution in [0, 0.1) is 0 Å². The van der Waals surface area contributed by atoms with E-state index < -0.39 is 5.25 Å². The fraction of sp³-hybridized carbons (Fsp3) is 0.176. The molecule has 3 aromatic rings. The predicted molar refractivity (Wildman–Crippen MR) is 97.9 cm³/mol. The first-order valence-electron chi connectivity index (χ1n) is 7.53. The first kappa shape index (κ1) is 17.4. The summed E-state index contributed by atoms with van der Waals surface area (Å²) in [6.45, 7) is 0.